The molecule has 0 fully saturated rings. The van der Waals surface area contributed by atoms with Crippen molar-refractivity contribution >= 4 is 37.4 Å². The molecule has 1 atom stereocenters. The highest BCUT2D eigenvalue weighted by atomic mass is 32.4. The lowest BCUT2D eigenvalue weighted by molar-refractivity contribution is 0.196. The molecule has 1 amide bonds. The Morgan fingerprint density at radius 2 is 2.56 bits per heavy atom. The molecule has 7 heteroatoms. The van der Waals surface area contributed by atoms with Crippen LogP contribution in [0.1, 0.15) is 0 Å². The highest BCUT2D eigenvalue weighted by Gasteiger charge is 1.89. The van der Waals surface area contributed by atoms with Crippen molar-refractivity contribution in [2.24, 2.45) is 0 Å². The molecule has 4 nitrogen and oxygen atoms in total. The van der Waals surface area contributed by atoms with E-state index in [1.165, 1.54) is 11.9 Å². The van der Waals surface area contributed by atoms with Crippen molar-refractivity contribution in [1.82, 2.24) is 9.81 Å². The van der Waals surface area contributed by atoms with Crippen molar-refractivity contribution in [3.8, 4) is 0 Å². The van der Waals surface area contributed by atoms with Gasteiger partial charge in [-0.15, -0.1) is 0 Å². The van der Waals surface area contributed by atoms with E-state index in [1.54, 1.807) is 0 Å². The fourth-order valence-corrected chi connectivity index (χ4v) is 1.59. The predicted octanol–water partition coefficient (Wildman–Crippen LogP) is 0.237. The highest BCUT2D eigenvalue weighted by Crippen LogP contribution is 1.95. The Bertz CT molecular complexity index is 111. The molecule has 0 saturated carbocycles. The first-order valence-corrected chi connectivity index (χ1v) is 5.50. The molecule has 0 aromatic carbocycles. The van der Waals surface area contributed by atoms with Gasteiger partial charge in [0.25, 0.3) is 0 Å². The molecule has 0 aliphatic heterocycles. The third-order valence-corrected chi connectivity index (χ3v) is 2.63. The topological polar surface area (TPSA) is 61.4 Å². The second-order valence-corrected chi connectivity index (χ2v) is 3.47. The van der Waals surface area contributed by atoms with Crippen LogP contribution in [0.3, 0.4) is 0 Å². The Morgan fingerprint density at radius 1 is 1.89 bits per heavy atom. The number of hydrogen-bond acceptors (Lipinski definition) is 3. The van der Waals surface area contributed by atoms with Crippen LogP contribution in [0.4, 0.5) is 4.79 Å². The van der Waals surface area contributed by atoms with Gasteiger partial charge in [-0.25, -0.2) is 9.29 Å². The minimum absolute atomic E-state index is 0.171. The highest BCUT2D eigenvalue weighted by molar-refractivity contribution is 8.07. The second-order valence-electron chi connectivity index (χ2n) is 1.01. The van der Waals surface area contributed by atoms with Gasteiger partial charge in [0.1, 0.15) is 0 Å². The maximum atomic E-state index is 9.79. The molecular formula is C2H7N2O2PS2. The monoisotopic (exact) mass is 186 g/mol. The average Bonchev–Trinajstić information content (AvgIpc) is 1.80. The summed E-state index contributed by atoms with van der Waals surface area (Å²) in [5.74, 6) is 0.346. The normalized spacial score (nSPS) is 10.2. The molecule has 0 heterocycles. The lowest BCUT2D eigenvalue weighted by atomic mass is 11.1. The van der Waals surface area contributed by atoms with E-state index in [9.17, 15) is 4.79 Å². The van der Waals surface area contributed by atoms with Crippen molar-refractivity contribution in [3.63, 3.8) is 0 Å². The maximum absolute atomic E-state index is 9.79. The van der Waals surface area contributed by atoms with E-state index in [0.717, 1.165) is 0 Å². The number of carbonyl (C=O) groups is 1. The second kappa shape index (κ2) is 6.35. The molecule has 0 aliphatic rings. The van der Waals surface area contributed by atoms with Crippen LogP contribution < -0.4 is 9.81 Å². The van der Waals surface area contributed by atoms with Gasteiger partial charge in [-0.2, -0.15) is 0 Å². The molecule has 0 aromatic rings. The Morgan fingerprint density at radius 3 is 3.00 bits per heavy atom. The molecule has 0 aliphatic carbocycles. The Hall–Kier alpha value is 0.230. The first-order chi connectivity index (χ1) is 4.27. The van der Waals surface area contributed by atoms with Crippen LogP contribution in [-0.4, -0.2) is 17.1 Å². The standard InChI is InChI=1S/C2H7N2O2PS2/c5-2(6)3-1-9-4-7-8/h3H,1,7H2,(H,4,8)(H,5,6). The van der Waals surface area contributed by atoms with Crippen molar-refractivity contribution in [2.75, 3.05) is 5.88 Å². The largest absolute Gasteiger partial charge is 0.465 e. The lowest BCUT2D eigenvalue weighted by Gasteiger charge is -1.96. The van der Waals surface area contributed by atoms with E-state index in [-0.39, 0.29) is 7.51 Å². The molecule has 0 rings (SSSR count). The fourth-order valence-electron chi connectivity index (χ4n) is 0.174. The van der Waals surface area contributed by atoms with E-state index in [1.807, 2.05) is 0 Å². The maximum Gasteiger partial charge on any atom is 0.405 e. The summed E-state index contributed by atoms with van der Waals surface area (Å²) in [5.41, 5.74) is 0. The van der Waals surface area contributed by atoms with Gasteiger partial charge in [0.2, 0.25) is 0 Å². The SMILES string of the molecule is O=C(O)NCSN[PH2]=S. The zero-order valence-corrected chi connectivity index (χ0v) is 7.24. The van der Waals surface area contributed by atoms with Crippen LogP contribution >= 0.6 is 19.5 Å². The smallest absolute Gasteiger partial charge is 0.405 e. The Balaban J connectivity index is 2.91. The summed E-state index contributed by atoms with van der Waals surface area (Å²) in [7, 11) is -0.171. The minimum atomic E-state index is -1.01. The van der Waals surface area contributed by atoms with Gasteiger partial charge in [0.15, 0.2) is 0 Å². The van der Waals surface area contributed by atoms with Gasteiger partial charge in [-0.05, 0) is 7.51 Å². The number of rotatable bonds is 4. The van der Waals surface area contributed by atoms with E-state index in [0.29, 0.717) is 5.88 Å². The first-order valence-electron chi connectivity index (χ1n) is 2.05. The van der Waals surface area contributed by atoms with Crippen LogP contribution in [0.15, 0.2) is 0 Å². The van der Waals surface area contributed by atoms with E-state index in [2.05, 4.69) is 21.6 Å². The summed E-state index contributed by atoms with van der Waals surface area (Å²) in [6, 6.07) is 0. The number of carboxylic acid groups (broad SMARTS) is 1. The molecule has 0 aromatic heterocycles. The minimum Gasteiger partial charge on any atom is -0.465 e. The van der Waals surface area contributed by atoms with Crippen molar-refractivity contribution < 1.29 is 9.90 Å². The van der Waals surface area contributed by atoms with Gasteiger partial charge < -0.3 is 10.4 Å². The van der Waals surface area contributed by atoms with E-state index < -0.39 is 6.09 Å². The van der Waals surface area contributed by atoms with Crippen molar-refractivity contribution in [3.05, 3.63) is 0 Å². The van der Waals surface area contributed by atoms with Crippen LogP contribution in [-0.2, 0) is 11.8 Å². The van der Waals surface area contributed by atoms with E-state index >= 15 is 0 Å². The van der Waals surface area contributed by atoms with Crippen LogP contribution in [0.2, 0.25) is 0 Å². The predicted molar refractivity (Wildman–Crippen MR) is 43.8 cm³/mol. The van der Waals surface area contributed by atoms with Crippen LogP contribution in [0, 0.1) is 0 Å². The number of nitrogens with one attached hydrogen (secondary N) is 2. The molecule has 3 N–H and O–H groups in total. The van der Waals surface area contributed by atoms with Gasteiger partial charge in [0.05, 0.1) is 5.88 Å². The van der Waals surface area contributed by atoms with Crippen molar-refractivity contribution in [1.29, 1.82) is 0 Å². The lowest BCUT2D eigenvalue weighted by Crippen LogP contribution is -2.20. The molecule has 1 unspecified atom stereocenters. The Labute approximate surface area is 63.4 Å². The molecule has 0 spiro atoms. The first kappa shape index (κ1) is 9.23. The summed E-state index contributed by atoms with van der Waals surface area (Å²) in [4.78, 5) is 9.79. The van der Waals surface area contributed by atoms with Crippen LogP contribution in [0.5, 0.6) is 0 Å². The molecule has 9 heavy (non-hydrogen) atoms. The quantitative estimate of drug-likeness (QED) is 0.254. The zero-order valence-electron chi connectivity index (χ0n) is 4.46. The van der Waals surface area contributed by atoms with Gasteiger partial charge in [-0.3, -0.25) is 0 Å². The molecule has 54 valence electrons. The van der Waals surface area contributed by atoms with E-state index in [4.69, 9.17) is 5.11 Å². The number of hydrogen-bond donors (Lipinski definition) is 3. The molecule has 0 radical (unpaired) electrons. The average molecular weight is 186 g/mol. The summed E-state index contributed by atoms with van der Waals surface area (Å²) >= 11 is 5.88. The molecule has 0 saturated heterocycles. The summed E-state index contributed by atoms with van der Waals surface area (Å²) < 4.78 is 2.79. The van der Waals surface area contributed by atoms with Gasteiger partial charge in [-0.1, -0.05) is 23.8 Å². The Kier molecular flexibility index (Phi) is 6.51. The fraction of sp³-hybridized carbons (Fsp3) is 0.500. The number of amides is 1. The molecular weight excluding hydrogens is 179 g/mol. The summed E-state index contributed by atoms with van der Waals surface area (Å²) in [6.07, 6.45) is -1.01. The van der Waals surface area contributed by atoms with Gasteiger partial charge >= 0.3 is 6.09 Å². The van der Waals surface area contributed by atoms with Gasteiger partial charge in [0, 0.05) is 0 Å². The zero-order chi connectivity index (χ0) is 7.11. The third kappa shape index (κ3) is 8.23. The van der Waals surface area contributed by atoms with Crippen LogP contribution in [0.25, 0.3) is 0 Å². The molecule has 0 bridgehead atoms. The summed E-state index contributed by atoms with van der Waals surface area (Å²) in [6.45, 7) is 0. The third-order valence-electron chi connectivity index (χ3n) is 0.427. The van der Waals surface area contributed by atoms with Crippen molar-refractivity contribution in [2.45, 2.75) is 0 Å². The summed E-state index contributed by atoms with van der Waals surface area (Å²) in [5, 5.41) is 10.2.